The third-order valence-corrected chi connectivity index (χ3v) is 4.34. The molecule has 0 fully saturated rings. The average Bonchev–Trinajstić information content (AvgIpc) is 2.96. The number of rotatable bonds is 2. The Balaban J connectivity index is 2.41. The molecule has 7 heteroatoms. The summed E-state index contributed by atoms with van der Waals surface area (Å²) in [4.78, 5) is 19.9. The van der Waals surface area contributed by atoms with Crippen LogP contribution < -0.4 is 0 Å². The molecule has 0 radical (unpaired) electrons. The molecule has 0 spiro atoms. The highest BCUT2D eigenvalue weighted by Gasteiger charge is 2.17. The molecule has 100 valence electrons. The van der Waals surface area contributed by atoms with Crippen molar-refractivity contribution in [3.63, 3.8) is 0 Å². The summed E-state index contributed by atoms with van der Waals surface area (Å²) in [6, 6.07) is 4.66. The fourth-order valence-corrected chi connectivity index (χ4v) is 2.83. The summed E-state index contributed by atoms with van der Waals surface area (Å²) >= 11 is 13.5. The van der Waals surface area contributed by atoms with Crippen molar-refractivity contribution >= 4 is 51.4 Å². The van der Waals surface area contributed by atoms with Crippen molar-refractivity contribution in [2.45, 2.75) is 0 Å². The quantitative estimate of drug-likeness (QED) is 0.760. The molecule has 1 aromatic carbocycles. The molecule has 0 aliphatic heterocycles. The van der Waals surface area contributed by atoms with Crippen LogP contribution in [0.2, 0.25) is 10.0 Å². The number of hydrogen-bond donors (Lipinski definition) is 1. The fraction of sp³-hybridized carbons (Fsp3) is 0. The van der Waals surface area contributed by atoms with Crippen LogP contribution in [0.4, 0.5) is 0 Å². The number of pyridine rings is 1. The van der Waals surface area contributed by atoms with E-state index in [2.05, 4.69) is 9.97 Å². The van der Waals surface area contributed by atoms with Gasteiger partial charge in [0, 0.05) is 17.0 Å². The summed E-state index contributed by atoms with van der Waals surface area (Å²) in [7, 11) is 0. The van der Waals surface area contributed by atoms with E-state index >= 15 is 0 Å². The molecule has 0 aliphatic rings. The van der Waals surface area contributed by atoms with Crippen LogP contribution in [-0.2, 0) is 0 Å². The minimum Gasteiger partial charge on any atom is -0.478 e. The first-order valence-corrected chi connectivity index (χ1v) is 7.13. The lowest BCUT2D eigenvalue weighted by Gasteiger charge is -2.07. The number of fused-ring (bicyclic) bond motifs is 1. The Morgan fingerprint density at radius 3 is 2.75 bits per heavy atom. The van der Waals surface area contributed by atoms with Crippen molar-refractivity contribution < 1.29 is 9.90 Å². The molecular formula is C13H6Cl2N2O2S. The van der Waals surface area contributed by atoms with Gasteiger partial charge in [0.25, 0.3) is 0 Å². The van der Waals surface area contributed by atoms with E-state index in [4.69, 9.17) is 23.2 Å². The standard InChI is InChI=1S/C13H6Cl2N2O2S/c14-8-2-1-6-7(13(18)19)5-9(12-16-3-4-20-12)17-11(6)10(8)15/h1-5H,(H,18,19). The highest BCUT2D eigenvalue weighted by atomic mass is 35.5. The second-order valence-corrected chi connectivity index (χ2v) is 5.63. The number of thiazole rings is 1. The van der Waals surface area contributed by atoms with E-state index in [0.29, 0.717) is 26.6 Å². The lowest BCUT2D eigenvalue weighted by atomic mass is 10.1. The Kier molecular flexibility index (Phi) is 3.33. The van der Waals surface area contributed by atoms with Gasteiger partial charge in [-0.25, -0.2) is 14.8 Å². The van der Waals surface area contributed by atoms with Crippen LogP contribution >= 0.6 is 34.5 Å². The summed E-state index contributed by atoms with van der Waals surface area (Å²) < 4.78 is 0. The molecular weight excluding hydrogens is 319 g/mol. The van der Waals surface area contributed by atoms with Gasteiger partial charge in [-0.15, -0.1) is 11.3 Å². The van der Waals surface area contributed by atoms with Gasteiger partial charge in [0.05, 0.1) is 21.1 Å². The van der Waals surface area contributed by atoms with Crippen molar-refractivity contribution in [1.29, 1.82) is 0 Å². The predicted octanol–water partition coefficient (Wildman–Crippen LogP) is 4.36. The molecule has 20 heavy (non-hydrogen) atoms. The first-order valence-electron chi connectivity index (χ1n) is 5.50. The molecule has 2 heterocycles. The molecule has 3 aromatic rings. The van der Waals surface area contributed by atoms with E-state index in [-0.39, 0.29) is 10.6 Å². The van der Waals surface area contributed by atoms with Crippen LogP contribution in [0.25, 0.3) is 21.6 Å². The Bertz CT molecular complexity index is 819. The number of nitrogens with zero attached hydrogens (tertiary/aromatic N) is 2. The molecule has 0 amide bonds. The van der Waals surface area contributed by atoms with Crippen LogP contribution in [0.15, 0.2) is 29.8 Å². The molecule has 0 unspecified atom stereocenters. The van der Waals surface area contributed by atoms with Crippen molar-refractivity contribution in [3.05, 3.63) is 45.4 Å². The van der Waals surface area contributed by atoms with Gasteiger partial charge in [-0.2, -0.15) is 0 Å². The first kappa shape index (κ1) is 13.3. The normalized spacial score (nSPS) is 10.9. The van der Waals surface area contributed by atoms with Gasteiger partial charge in [0.15, 0.2) is 0 Å². The average molecular weight is 325 g/mol. The van der Waals surface area contributed by atoms with Crippen molar-refractivity contribution in [1.82, 2.24) is 9.97 Å². The van der Waals surface area contributed by atoms with Crippen LogP contribution in [0.5, 0.6) is 0 Å². The zero-order valence-corrected chi connectivity index (χ0v) is 12.1. The Hall–Kier alpha value is -1.69. The number of aromatic carboxylic acids is 1. The second kappa shape index (κ2) is 5.01. The summed E-state index contributed by atoms with van der Waals surface area (Å²) in [5.74, 6) is -1.05. The molecule has 0 bridgehead atoms. The fourth-order valence-electron chi connectivity index (χ4n) is 1.87. The van der Waals surface area contributed by atoms with Gasteiger partial charge in [0.2, 0.25) is 0 Å². The minimum absolute atomic E-state index is 0.124. The van der Waals surface area contributed by atoms with Gasteiger partial charge in [-0.1, -0.05) is 29.3 Å². The van der Waals surface area contributed by atoms with Gasteiger partial charge >= 0.3 is 5.97 Å². The number of benzene rings is 1. The Morgan fingerprint density at radius 1 is 1.30 bits per heavy atom. The van der Waals surface area contributed by atoms with E-state index in [0.717, 1.165) is 0 Å². The van der Waals surface area contributed by atoms with Crippen molar-refractivity contribution in [3.8, 4) is 10.7 Å². The van der Waals surface area contributed by atoms with E-state index in [1.54, 1.807) is 23.7 Å². The lowest BCUT2D eigenvalue weighted by Crippen LogP contribution is -2.00. The zero-order chi connectivity index (χ0) is 14.3. The number of hydrogen-bond acceptors (Lipinski definition) is 4. The maximum Gasteiger partial charge on any atom is 0.336 e. The second-order valence-electron chi connectivity index (χ2n) is 3.96. The van der Waals surface area contributed by atoms with Crippen LogP contribution in [0, 0.1) is 0 Å². The number of carboxylic acids is 1. The number of carbonyl (C=O) groups is 1. The monoisotopic (exact) mass is 324 g/mol. The van der Waals surface area contributed by atoms with E-state index < -0.39 is 5.97 Å². The van der Waals surface area contributed by atoms with Crippen molar-refractivity contribution in [2.75, 3.05) is 0 Å². The molecule has 0 saturated carbocycles. The zero-order valence-electron chi connectivity index (χ0n) is 9.80. The number of halogens is 2. The first-order chi connectivity index (χ1) is 9.58. The lowest BCUT2D eigenvalue weighted by molar-refractivity contribution is 0.0699. The van der Waals surface area contributed by atoms with E-state index in [1.165, 1.54) is 17.4 Å². The van der Waals surface area contributed by atoms with Gasteiger partial charge in [-0.3, -0.25) is 0 Å². The third-order valence-electron chi connectivity index (χ3n) is 2.75. The molecule has 2 aromatic heterocycles. The van der Waals surface area contributed by atoms with Crippen LogP contribution in [0.1, 0.15) is 10.4 Å². The largest absolute Gasteiger partial charge is 0.478 e. The molecule has 4 nitrogen and oxygen atoms in total. The SMILES string of the molecule is O=C(O)c1cc(-c2nccs2)nc2c(Cl)c(Cl)ccc12. The Morgan fingerprint density at radius 2 is 2.10 bits per heavy atom. The molecule has 0 aliphatic carbocycles. The molecule has 1 N–H and O–H groups in total. The molecule has 0 saturated heterocycles. The Labute approximate surface area is 127 Å². The summed E-state index contributed by atoms with van der Waals surface area (Å²) in [6.07, 6.45) is 1.63. The highest BCUT2D eigenvalue weighted by molar-refractivity contribution is 7.13. The molecule has 0 atom stereocenters. The van der Waals surface area contributed by atoms with Crippen molar-refractivity contribution in [2.24, 2.45) is 0 Å². The van der Waals surface area contributed by atoms with Crippen LogP contribution in [0.3, 0.4) is 0 Å². The summed E-state index contributed by atoms with van der Waals surface area (Å²) in [5, 5.41) is 12.8. The maximum absolute atomic E-state index is 11.4. The predicted molar refractivity (Wildman–Crippen MR) is 79.8 cm³/mol. The number of aromatic nitrogens is 2. The van der Waals surface area contributed by atoms with Gasteiger partial charge in [-0.05, 0) is 12.1 Å². The van der Waals surface area contributed by atoms with Gasteiger partial charge < -0.3 is 5.11 Å². The maximum atomic E-state index is 11.4. The third kappa shape index (κ3) is 2.14. The van der Waals surface area contributed by atoms with E-state index in [9.17, 15) is 9.90 Å². The minimum atomic E-state index is -1.05. The smallest absolute Gasteiger partial charge is 0.336 e. The topological polar surface area (TPSA) is 63.1 Å². The highest BCUT2D eigenvalue weighted by Crippen LogP contribution is 2.33. The molecule has 3 rings (SSSR count). The van der Waals surface area contributed by atoms with E-state index in [1.807, 2.05) is 0 Å². The van der Waals surface area contributed by atoms with Crippen LogP contribution in [-0.4, -0.2) is 21.0 Å². The summed E-state index contributed by atoms with van der Waals surface area (Å²) in [6.45, 7) is 0. The van der Waals surface area contributed by atoms with Gasteiger partial charge in [0.1, 0.15) is 10.7 Å². The summed E-state index contributed by atoms with van der Waals surface area (Å²) in [5.41, 5.74) is 0.956. The number of carboxylic acid groups (broad SMARTS) is 1.